The predicted molar refractivity (Wildman–Crippen MR) is 182 cm³/mol. The van der Waals surface area contributed by atoms with E-state index < -0.39 is 11.6 Å². The second kappa shape index (κ2) is 21.4. The summed E-state index contributed by atoms with van der Waals surface area (Å²) in [7, 11) is 0. The first-order chi connectivity index (χ1) is 22.0. The fourth-order valence-electron chi connectivity index (χ4n) is 5.56. The Morgan fingerprint density at radius 2 is 0.889 bits per heavy atom. The highest BCUT2D eigenvalue weighted by Gasteiger charge is 2.41. The van der Waals surface area contributed by atoms with Crippen molar-refractivity contribution in [2.45, 2.75) is 154 Å². The van der Waals surface area contributed by atoms with Gasteiger partial charge in [-0.25, -0.2) is 8.78 Å². The van der Waals surface area contributed by atoms with E-state index in [1.165, 1.54) is 127 Å². The molecule has 6 nitrogen and oxygen atoms in total. The average molecular weight is 649 g/mol. The molecule has 2 atom stereocenters. The molecular formula is C36H58F2N4O2S. The summed E-state index contributed by atoms with van der Waals surface area (Å²) in [4.78, 5) is 0. The number of hydrogen-bond donors (Lipinski definition) is 2. The molecule has 0 amide bonds. The lowest BCUT2D eigenvalue weighted by molar-refractivity contribution is 0.163. The van der Waals surface area contributed by atoms with Gasteiger partial charge < -0.3 is 20.1 Å². The number of nitrogens with one attached hydrogen (secondary N) is 2. The summed E-state index contributed by atoms with van der Waals surface area (Å²) in [5.74, 6) is -3.39. The first kappa shape index (κ1) is 37.0. The number of hydrogen-bond acceptors (Lipinski definition) is 7. The molecule has 0 aliphatic carbocycles. The molecule has 45 heavy (non-hydrogen) atoms. The lowest BCUT2D eigenvalue weighted by atomic mass is 10.1. The van der Waals surface area contributed by atoms with Crippen LogP contribution in [0.1, 0.15) is 152 Å². The van der Waals surface area contributed by atoms with Gasteiger partial charge in [-0.3, -0.25) is 0 Å². The number of allylic oxidation sites excluding steroid dienone is 2. The van der Waals surface area contributed by atoms with Gasteiger partial charge in [0.1, 0.15) is 11.5 Å². The van der Waals surface area contributed by atoms with Crippen LogP contribution in [0.5, 0.6) is 0 Å². The van der Waals surface area contributed by atoms with Gasteiger partial charge in [0.2, 0.25) is 0 Å². The molecule has 0 saturated carbocycles. The molecule has 2 unspecified atom stereocenters. The van der Waals surface area contributed by atoms with Crippen molar-refractivity contribution in [3.63, 3.8) is 0 Å². The van der Waals surface area contributed by atoms with Gasteiger partial charge in [-0.2, -0.15) is 0 Å². The minimum Gasteiger partial charge on any atom is -0.494 e. The van der Waals surface area contributed by atoms with E-state index in [1.807, 2.05) is 0 Å². The van der Waals surface area contributed by atoms with E-state index in [1.54, 1.807) is 12.2 Å². The number of alkyl halides is 2. The van der Waals surface area contributed by atoms with Crippen molar-refractivity contribution < 1.29 is 18.3 Å². The average Bonchev–Trinajstić information content (AvgIpc) is 3.56. The molecule has 0 radical (unpaired) electrons. The SMILES string of the molecule is CCCCCCCCCCCCOC1=CC(F)(c2nnc(C3(F)C=C(OCCCCCCCCCCCC)C=CN3)s2)NC=C1. The highest BCUT2D eigenvalue weighted by Crippen LogP contribution is 2.37. The zero-order chi connectivity index (χ0) is 32.1. The minimum atomic E-state index is -2.13. The second-order valence-electron chi connectivity index (χ2n) is 12.4. The number of aromatic nitrogens is 2. The topological polar surface area (TPSA) is 68.3 Å². The zero-order valence-corrected chi connectivity index (χ0v) is 28.7. The minimum absolute atomic E-state index is 0.0106. The maximum atomic E-state index is 15.9. The standard InChI is InChI=1S/C36H58F2N4O2S/c1-3-5-7-9-11-13-15-17-19-21-27-43-31-23-25-39-35(37,29-31)33-41-42-34(45-33)36(38)30-32(24-26-40-36)44-28-22-20-18-16-14-12-10-8-6-4-2/h23-26,29-30,39-40H,3-22,27-28H2,1-2H3. The van der Waals surface area contributed by atoms with E-state index >= 15 is 8.78 Å². The highest BCUT2D eigenvalue weighted by molar-refractivity contribution is 7.11. The maximum absolute atomic E-state index is 15.9. The van der Waals surface area contributed by atoms with E-state index in [-0.39, 0.29) is 10.0 Å². The van der Waals surface area contributed by atoms with Gasteiger partial charge in [0.15, 0.2) is 10.0 Å². The second-order valence-corrected chi connectivity index (χ2v) is 13.4. The van der Waals surface area contributed by atoms with Crippen LogP contribution in [-0.4, -0.2) is 23.4 Å². The summed E-state index contributed by atoms with van der Waals surface area (Å²) in [5, 5.41) is 13.4. The molecule has 1 aromatic heterocycles. The van der Waals surface area contributed by atoms with Gasteiger partial charge in [-0.15, -0.1) is 10.2 Å². The van der Waals surface area contributed by atoms with Gasteiger partial charge in [0.05, 0.1) is 13.2 Å². The number of nitrogens with zero attached hydrogens (tertiary/aromatic N) is 2. The number of unbranched alkanes of at least 4 members (excludes halogenated alkanes) is 18. The Morgan fingerprint density at radius 1 is 0.556 bits per heavy atom. The molecule has 2 aliphatic rings. The molecule has 0 saturated heterocycles. The summed E-state index contributed by atoms with van der Waals surface area (Å²) >= 11 is 0.873. The van der Waals surface area contributed by atoms with Crippen LogP contribution in [0.4, 0.5) is 8.78 Å². The van der Waals surface area contributed by atoms with Crippen LogP contribution in [0.3, 0.4) is 0 Å². The summed E-state index contributed by atoms with van der Waals surface area (Å²) < 4.78 is 43.6. The van der Waals surface area contributed by atoms with Crippen molar-refractivity contribution in [1.82, 2.24) is 20.8 Å². The summed E-state index contributed by atoms with van der Waals surface area (Å²) in [6.07, 6.45) is 34.0. The van der Waals surface area contributed by atoms with Crippen molar-refractivity contribution in [3.8, 4) is 0 Å². The Kier molecular flexibility index (Phi) is 17.6. The van der Waals surface area contributed by atoms with Crippen molar-refractivity contribution in [1.29, 1.82) is 0 Å². The Morgan fingerprint density at radius 3 is 1.24 bits per heavy atom. The van der Waals surface area contributed by atoms with Crippen LogP contribution in [0, 0.1) is 0 Å². The summed E-state index contributed by atoms with van der Waals surface area (Å²) in [5.41, 5.74) is 0. The van der Waals surface area contributed by atoms with Crippen molar-refractivity contribution in [3.05, 3.63) is 58.2 Å². The van der Waals surface area contributed by atoms with Crippen LogP contribution in [-0.2, 0) is 21.1 Å². The highest BCUT2D eigenvalue weighted by atomic mass is 32.1. The molecule has 9 heteroatoms. The first-order valence-corrected chi connectivity index (χ1v) is 18.6. The third kappa shape index (κ3) is 13.8. The normalized spacial score (nSPS) is 20.8. The van der Waals surface area contributed by atoms with Crippen LogP contribution >= 0.6 is 11.3 Å². The van der Waals surface area contributed by atoms with E-state index in [0.29, 0.717) is 24.7 Å². The molecular weight excluding hydrogens is 590 g/mol. The lowest BCUT2D eigenvalue weighted by Gasteiger charge is -2.25. The van der Waals surface area contributed by atoms with Crippen LogP contribution in [0.15, 0.2) is 48.2 Å². The third-order valence-electron chi connectivity index (χ3n) is 8.35. The Balaban J connectivity index is 1.38. The van der Waals surface area contributed by atoms with Crippen LogP contribution < -0.4 is 10.6 Å². The van der Waals surface area contributed by atoms with Crippen molar-refractivity contribution in [2.75, 3.05) is 13.2 Å². The molecule has 0 bridgehead atoms. The zero-order valence-electron chi connectivity index (χ0n) is 27.9. The first-order valence-electron chi connectivity index (χ1n) is 17.8. The van der Waals surface area contributed by atoms with Crippen molar-refractivity contribution >= 4 is 11.3 Å². The molecule has 0 spiro atoms. The molecule has 2 N–H and O–H groups in total. The summed E-state index contributed by atoms with van der Waals surface area (Å²) in [6.45, 7) is 5.55. The van der Waals surface area contributed by atoms with E-state index in [4.69, 9.17) is 9.47 Å². The van der Waals surface area contributed by atoms with E-state index in [0.717, 1.165) is 37.0 Å². The molecule has 3 rings (SSSR count). The lowest BCUT2D eigenvalue weighted by Crippen LogP contribution is -2.35. The van der Waals surface area contributed by atoms with Gasteiger partial charge in [0, 0.05) is 24.6 Å². The summed E-state index contributed by atoms with van der Waals surface area (Å²) in [6, 6.07) is 0. The monoisotopic (exact) mass is 648 g/mol. The van der Waals surface area contributed by atoms with Crippen LogP contribution in [0.25, 0.3) is 0 Å². The van der Waals surface area contributed by atoms with Gasteiger partial charge >= 0.3 is 0 Å². The maximum Gasteiger partial charge on any atom is 0.256 e. The van der Waals surface area contributed by atoms with E-state index in [9.17, 15) is 0 Å². The number of rotatable bonds is 26. The fourth-order valence-corrected chi connectivity index (χ4v) is 6.44. The van der Waals surface area contributed by atoms with Crippen molar-refractivity contribution in [2.24, 2.45) is 0 Å². The number of ether oxygens (including phenoxy) is 2. The molecule has 2 aliphatic heterocycles. The molecule has 0 fully saturated rings. The Labute approximate surface area is 275 Å². The van der Waals surface area contributed by atoms with Gasteiger partial charge in [0.25, 0.3) is 11.6 Å². The predicted octanol–water partition coefficient (Wildman–Crippen LogP) is 10.7. The van der Waals surface area contributed by atoms with Gasteiger partial charge in [-0.1, -0.05) is 141 Å². The van der Waals surface area contributed by atoms with E-state index in [2.05, 4.69) is 34.7 Å². The number of dihydropyridines is 2. The quantitative estimate of drug-likeness (QED) is 0.0770. The molecule has 0 aromatic carbocycles. The van der Waals surface area contributed by atoms with Gasteiger partial charge in [-0.05, 0) is 25.0 Å². The van der Waals surface area contributed by atoms with Crippen LogP contribution in [0.2, 0.25) is 0 Å². The molecule has 3 heterocycles. The third-order valence-corrected chi connectivity index (χ3v) is 9.49. The molecule has 254 valence electrons. The Bertz CT molecular complexity index is 995. The Hall–Kier alpha value is -2.42. The smallest absolute Gasteiger partial charge is 0.256 e. The molecule has 1 aromatic rings. The largest absolute Gasteiger partial charge is 0.494 e. The number of halogens is 2. The fraction of sp³-hybridized carbons (Fsp3) is 0.722.